The largest absolute Gasteiger partial charge is 0.477 e. The Morgan fingerprint density at radius 2 is 1.54 bits per heavy atom. The van der Waals surface area contributed by atoms with Gasteiger partial charge in [0.15, 0.2) is 11.5 Å². The quantitative estimate of drug-likeness (QED) is 0.327. The topological polar surface area (TPSA) is 163 Å². The number of benzene rings is 2. The molecule has 0 fully saturated rings. The van der Waals surface area contributed by atoms with Crippen molar-refractivity contribution in [3.05, 3.63) is 92.8 Å². The molecule has 0 atom stereocenters. The molecule has 4 heterocycles. The van der Waals surface area contributed by atoms with Crippen molar-refractivity contribution < 1.29 is 29.3 Å². The molecule has 41 heavy (non-hydrogen) atoms. The van der Waals surface area contributed by atoms with E-state index in [9.17, 15) is 19.2 Å². The van der Waals surface area contributed by atoms with Crippen molar-refractivity contribution in [3.63, 3.8) is 0 Å². The molecule has 208 valence electrons. The summed E-state index contributed by atoms with van der Waals surface area (Å²) in [6.45, 7) is 4.83. The Bertz CT molecular complexity index is 1950. The van der Waals surface area contributed by atoms with Crippen LogP contribution < -0.4 is 20.3 Å². The third-order valence-corrected chi connectivity index (χ3v) is 6.62. The Kier molecular flexibility index (Phi) is 7.21. The predicted molar refractivity (Wildman–Crippen MR) is 149 cm³/mol. The molecule has 0 saturated carbocycles. The van der Waals surface area contributed by atoms with E-state index in [4.69, 9.17) is 19.7 Å². The first-order chi connectivity index (χ1) is 19.7. The zero-order valence-corrected chi connectivity index (χ0v) is 22.0. The van der Waals surface area contributed by atoms with Crippen molar-refractivity contribution in [1.82, 2.24) is 19.3 Å². The van der Waals surface area contributed by atoms with Crippen LogP contribution in [0.5, 0.6) is 11.5 Å². The highest BCUT2D eigenvalue weighted by Crippen LogP contribution is 2.35. The maximum atomic E-state index is 12.3. The maximum absolute atomic E-state index is 12.3. The van der Waals surface area contributed by atoms with Gasteiger partial charge in [0.1, 0.15) is 5.56 Å². The van der Waals surface area contributed by atoms with Crippen LogP contribution in [0.4, 0.5) is 0 Å². The van der Waals surface area contributed by atoms with Gasteiger partial charge in [-0.3, -0.25) is 19.3 Å². The molecule has 0 aliphatic carbocycles. The summed E-state index contributed by atoms with van der Waals surface area (Å²) >= 11 is 0. The Hall–Kier alpha value is -5.52. The fourth-order valence-corrected chi connectivity index (χ4v) is 4.58. The highest BCUT2D eigenvalue weighted by atomic mass is 16.7. The van der Waals surface area contributed by atoms with Crippen molar-refractivity contribution >= 4 is 33.7 Å². The molecule has 12 nitrogen and oxygen atoms in total. The van der Waals surface area contributed by atoms with Crippen LogP contribution in [0.1, 0.15) is 34.7 Å². The summed E-state index contributed by atoms with van der Waals surface area (Å²) in [6, 6.07) is 12.3. The molecule has 2 aromatic carbocycles. The molecule has 0 radical (unpaired) electrons. The molecule has 0 unspecified atom stereocenters. The molecule has 2 N–H and O–H groups in total. The summed E-state index contributed by atoms with van der Waals surface area (Å²) in [7, 11) is 0. The molecule has 0 spiro atoms. The van der Waals surface area contributed by atoms with Crippen molar-refractivity contribution in [2.75, 3.05) is 6.79 Å². The summed E-state index contributed by atoms with van der Waals surface area (Å²) < 4.78 is 13.7. The van der Waals surface area contributed by atoms with Gasteiger partial charge in [-0.2, -0.15) is 5.10 Å². The summed E-state index contributed by atoms with van der Waals surface area (Å²) in [5.74, 6) is -1.58. The van der Waals surface area contributed by atoms with Crippen molar-refractivity contribution in [1.29, 1.82) is 0 Å². The predicted octanol–water partition coefficient (Wildman–Crippen LogP) is 3.62. The smallest absolute Gasteiger partial charge is 0.360 e. The molecule has 6 rings (SSSR count). The van der Waals surface area contributed by atoms with Crippen LogP contribution in [0.15, 0.2) is 70.6 Å². The van der Waals surface area contributed by atoms with E-state index >= 15 is 0 Å². The minimum absolute atomic E-state index is 0.0885. The fraction of sp³-hybridized carbons (Fsp3) is 0.172. The number of hydrogen-bond acceptors (Lipinski definition) is 8. The molecule has 0 saturated heterocycles. The number of pyridine rings is 2. The van der Waals surface area contributed by atoms with Gasteiger partial charge in [0, 0.05) is 43.1 Å². The maximum Gasteiger partial charge on any atom is 0.360 e. The van der Waals surface area contributed by atoms with Crippen molar-refractivity contribution in [3.8, 4) is 22.6 Å². The van der Waals surface area contributed by atoms with Gasteiger partial charge >= 0.3 is 11.9 Å². The number of nitrogens with zero attached hydrogens (tertiary/aromatic N) is 4. The summed E-state index contributed by atoms with van der Waals surface area (Å²) in [5, 5.41) is 22.7. The zero-order chi connectivity index (χ0) is 29.3. The molecule has 1 aliphatic heterocycles. The number of aryl methyl sites for hydroxylation is 2. The van der Waals surface area contributed by atoms with E-state index in [2.05, 4.69) is 10.1 Å². The number of carboxylic acid groups (broad SMARTS) is 2. The number of aromatic nitrogens is 4. The number of hydrogen-bond donors (Lipinski definition) is 2. The normalized spacial score (nSPS) is 11.8. The van der Waals surface area contributed by atoms with Crippen LogP contribution >= 0.6 is 0 Å². The number of fused-ring (bicyclic) bond motifs is 3. The summed E-state index contributed by atoms with van der Waals surface area (Å²) in [6.07, 6.45) is 4.82. The van der Waals surface area contributed by atoms with Crippen LogP contribution in [0.3, 0.4) is 0 Å². The van der Waals surface area contributed by atoms with Crippen molar-refractivity contribution in [2.24, 2.45) is 0 Å². The van der Waals surface area contributed by atoms with Gasteiger partial charge in [0.05, 0.1) is 16.4 Å². The van der Waals surface area contributed by atoms with Gasteiger partial charge in [-0.15, -0.1) is 0 Å². The Labute approximate surface area is 231 Å². The lowest BCUT2D eigenvalue weighted by atomic mass is 10.0. The number of carbonyl (C=O) groups is 2. The second kappa shape index (κ2) is 10.9. The van der Waals surface area contributed by atoms with Gasteiger partial charge in [0.25, 0.3) is 0 Å². The SMILES string of the molecule is CCn1cc(C(=O)O)c(=O)c2ccc(-c3ccncc3)cc21.CCn1nc(C(=O)O)c(=O)c2cc3c(cc21)OCO3. The highest BCUT2D eigenvalue weighted by molar-refractivity contribution is 5.94. The van der Waals surface area contributed by atoms with Gasteiger partial charge in [-0.25, -0.2) is 9.59 Å². The van der Waals surface area contributed by atoms with E-state index in [1.807, 2.05) is 38.1 Å². The fourth-order valence-electron chi connectivity index (χ4n) is 4.58. The van der Waals surface area contributed by atoms with E-state index in [0.717, 1.165) is 16.6 Å². The number of ether oxygens (including phenoxy) is 2. The third-order valence-electron chi connectivity index (χ3n) is 6.62. The molecule has 12 heteroatoms. The van der Waals surface area contributed by atoms with Crippen molar-refractivity contribution in [2.45, 2.75) is 26.9 Å². The number of aromatic carboxylic acids is 2. The van der Waals surface area contributed by atoms with Crippen LogP contribution in [0, 0.1) is 0 Å². The third kappa shape index (κ3) is 4.98. The number of carboxylic acids is 2. The van der Waals surface area contributed by atoms with Gasteiger partial charge in [-0.1, -0.05) is 6.07 Å². The molecular formula is C29H24N4O8. The second-order valence-corrected chi connectivity index (χ2v) is 8.95. The van der Waals surface area contributed by atoms with Crippen LogP contribution in [-0.4, -0.2) is 48.3 Å². The summed E-state index contributed by atoms with van der Waals surface area (Å²) in [4.78, 5) is 50.6. The lowest BCUT2D eigenvalue weighted by Gasteiger charge is -2.11. The minimum Gasteiger partial charge on any atom is -0.477 e. The standard InChI is InChI=1S/C17H14N2O3.C12H10N2O5/c1-2-19-10-14(17(21)22)16(20)13-4-3-12(9-15(13)19)11-5-7-18-8-6-11;1-2-14-7-4-9-8(18-5-19-9)3-6(7)11(15)10(13-14)12(16)17/h3-10H,2H2,1H3,(H,21,22);3-4H,2,5H2,1H3,(H,16,17). The molecule has 0 amide bonds. The van der Waals surface area contributed by atoms with E-state index in [1.54, 1.807) is 29.1 Å². The second-order valence-electron chi connectivity index (χ2n) is 8.95. The lowest BCUT2D eigenvalue weighted by Crippen LogP contribution is -2.22. The zero-order valence-electron chi connectivity index (χ0n) is 22.0. The Morgan fingerprint density at radius 3 is 2.17 bits per heavy atom. The van der Waals surface area contributed by atoms with Gasteiger partial charge in [0.2, 0.25) is 23.3 Å². The van der Waals surface area contributed by atoms with E-state index in [0.29, 0.717) is 35.5 Å². The average molecular weight is 557 g/mol. The van der Waals surface area contributed by atoms with E-state index in [-0.39, 0.29) is 17.7 Å². The van der Waals surface area contributed by atoms with E-state index in [1.165, 1.54) is 16.9 Å². The first-order valence-electron chi connectivity index (χ1n) is 12.6. The molecule has 5 aromatic rings. The van der Waals surface area contributed by atoms with E-state index < -0.39 is 28.5 Å². The van der Waals surface area contributed by atoms with Gasteiger partial charge in [-0.05, 0) is 55.3 Å². The minimum atomic E-state index is -1.34. The summed E-state index contributed by atoms with van der Waals surface area (Å²) in [5.41, 5.74) is 1.45. The molecular weight excluding hydrogens is 532 g/mol. The number of rotatable bonds is 5. The van der Waals surface area contributed by atoms with Gasteiger partial charge < -0.3 is 24.3 Å². The highest BCUT2D eigenvalue weighted by Gasteiger charge is 2.21. The first-order valence-corrected chi connectivity index (χ1v) is 12.6. The monoisotopic (exact) mass is 556 g/mol. The molecule has 0 bridgehead atoms. The lowest BCUT2D eigenvalue weighted by molar-refractivity contribution is 0.0679. The van der Waals surface area contributed by atoms with Crippen LogP contribution in [0.25, 0.3) is 32.9 Å². The first kappa shape index (κ1) is 27.1. The molecule has 1 aliphatic rings. The molecule has 3 aromatic heterocycles. The average Bonchev–Trinajstić information content (AvgIpc) is 3.45. The van der Waals surface area contributed by atoms with Crippen LogP contribution in [0.2, 0.25) is 0 Å². The Morgan fingerprint density at radius 1 is 0.829 bits per heavy atom. The Balaban J connectivity index is 0.000000166. The van der Waals surface area contributed by atoms with Crippen LogP contribution in [-0.2, 0) is 13.1 Å².